The van der Waals surface area contributed by atoms with Crippen LogP contribution < -0.4 is 5.48 Å². The van der Waals surface area contributed by atoms with E-state index in [4.69, 9.17) is 5.21 Å². The second kappa shape index (κ2) is 3.89. The molecule has 1 aromatic carbocycles. The van der Waals surface area contributed by atoms with Crippen molar-refractivity contribution in [3.8, 4) is 11.4 Å². The van der Waals surface area contributed by atoms with Gasteiger partial charge < -0.3 is 4.52 Å². The minimum Gasteiger partial charge on any atom is -0.328 e. The highest BCUT2D eigenvalue weighted by atomic mass is 16.5. The van der Waals surface area contributed by atoms with Gasteiger partial charge in [-0.3, -0.25) is 10.0 Å². The molecule has 0 aliphatic rings. The van der Waals surface area contributed by atoms with Crippen molar-refractivity contribution < 1.29 is 14.5 Å². The van der Waals surface area contributed by atoms with Gasteiger partial charge in [-0.15, -0.1) is 0 Å². The van der Waals surface area contributed by atoms with E-state index in [1.165, 1.54) is 5.48 Å². The average molecular weight is 205 g/mol. The standard InChI is InChI=1S/C9H7N3O3/c13-8(11-14)9-10-7(12-15-9)6-4-2-1-3-5-6/h1-5,14H,(H,11,13). The molecule has 0 atom stereocenters. The first kappa shape index (κ1) is 9.35. The number of nitrogens with one attached hydrogen (secondary N) is 1. The lowest BCUT2D eigenvalue weighted by atomic mass is 10.2. The summed E-state index contributed by atoms with van der Waals surface area (Å²) in [5.74, 6) is -0.810. The zero-order chi connectivity index (χ0) is 10.7. The molecule has 1 heterocycles. The third kappa shape index (κ3) is 1.84. The van der Waals surface area contributed by atoms with E-state index in [-0.39, 0.29) is 5.89 Å². The molecule has 0 radical (unpaired) electrons. The van der Waals surface area contributed by atoms with Crippen LogP contribution in [-0.2, 0) is 0 Å². The SMILES string of the molecule is O=C(NO)c1nc(-c2ccccc2)no1. The van der Waals surface area contributed by atoms with Gasteiger partial charge in [0.15, 0.2) is 0 Å². The molecule has 0 unspecified atom stereocenters. The third-order valence-corrected chi connectivity index (χ3v) is 1.75. The summed E-state index contributed by atoms with van der Waals surface area (Å²) in [5, 5.41) is 11.9. The maximum Gasteiger partial charge on any atom is 0.333 e. The van der Waals surface area contributed by atoms with Gasteiger partial charge in [-0.05, 0) is 0 Å². The van der Waals surface area contributed by atoms with Gasteiger partial charge in [0.25, 0.3) is 0 Å². The topological polar surface area (TPSA) is 88.2 Å². The van der Waals surface area contributed by atoms with Crippen molar-refractivity contribution in [2.24, 2.45) is 0 Å². The fourth-order valence-corrected chi connectivity index (χ4v) is 1.07. The Morgan fingerprint density at radius 1 is 1.33 bits per heavy atom. The molecule has 0 saturated carbocycles. The van der Waals surface area contributed by atoms with E-state index < -0.39 is 5.91 Å². The van der Waals surface area contributed by atoms with Gasteiger partial charge in [-0.1, -0.05) is 35.5 Å². The van der Waals surface area contributed by atoms with Gasteiger partial charge in [0, 0.05) is 5.56 Å². The van der Waals surface area contributed by atoms with Crippen molar-refractivity contribution in [1.29, 1.82) is 0 Å². The number of carbonyl (C=O) groups is 1. The van der Waals surface area contributed by atoms with Crippen LogP contribution in [0.4, 0.5) is 0 Å². The molecule has 0 aliphatic heterocycles. The van der Waals surface area contributed by atoms with Crippen LogP contribution in [0.15, 0.2) is 34.9 Å². The number of amides is 1. The predicted octanol–water partition coefficient (Wildman–Crippen LogP) is 0.856. The molecule has 6 heteroatoms. The number of rotatable bonds is 2. The second-order valence-corrected chi connectivity index (χ2v) is 2.73. The minimum atomic E-state index is -0.829. The van der Waals surface area contributed by atoms with Crippen LogP contribution >= 0.6 is 0 Å². The average Bonchev–Trinajstić information content (AvgIpc) is 2.78. The number of hydrogen-bond acceptors (Lipinski definition) is 5. The first-order valence-corrected chi connectivity index (χ1v) is 4.15. The number of carbonyl (C=O) groups excluding carboxylic acids is 1. The second-order valence-electron chi connectivity index (χ2n) is 2.73. The van der Waals surface area contributed by atoms with Crippen molar-refractivity contribution in [3.05, 3.63) is 36.2 Å². The van der Waals surface area contributed by atoms with E-state index in [2.05, 4.69) is 14.7 Å². The van der Waals surface area contributed by atoms with Crippen LogP contribution in [0.5, 0.6) is 0 Å². The summed E-state index contributed by atoms with van der Waals surface area (Å²) in [6.07, 6.45) is 0. The first-order valence-electron chi connectivity index (χ1n) is 4.15. The molecular formula is C9H7N3O3. The Morgan fingerprint density at radius 2 is 2.07 bits per heavy atom. The molecule has 1 aromatic heterocycles. The normalized spacial score (nSPS) is 9.93. The van der Waals surface area contributed by atoms with E-state index in [1.54, 1.807) is 12.1 Å². The summed E-state index contributed by atoms with van der Waals surface area (Å²) >= 11 is 0. The fraction of sp³-hybridized carbons (Fsp3) is 0. The van der Waals surface area contributed by atoms with Gasteiger partial charge >= 0.3 is 11.8 Å². The lowest BCUT2D eigenvalue weighted by molar-refractivity contribution is 0.0659. The van der Waals surface area contributed by atoms with Crippen LogP contribution in [-0.4, -0.2) is 21.3 Å². The van der Waals surface area contributed by atoms with E-state index in [0.717, 1.165) is 5.56 Å². The molecule has 0 saturated heterocycles. The summed E-state index contributed by atoms with van der Waals surface area (Å²) in [4.78, 5) is 14.7. The summed E-state index contributed by atoms with van der Waals surface area (Å²) in [6, 6.07) is 9.05. The molecule has 1 amide bonds. The molecule has 76 valence electrons. The van der Waals surface area contributed by atoms with Crippen LogP contribution in [0.2, 0.25) is 0 Å². The molecule has 0 spiro atoms. The lowest BCUT2D eigenvalue weighted by Crippen LogP contribution is -2.18. The van der Waals surface area contributed by atoms with Crippen LogP contribution in [0.25, 0.3) is 11.4 Å². The summed E-state index contributed by atoms with van der Waals surface area (Å²) in [6.45, 7) is 0. The number of aromatic nitrogens is 2. The molecule has 0 aliphatic carbocycles. The lowest BCUT2D eigenvalue weighted by Gasteiger charge is -1.90. The van der Waals surface area contributed by atoms with Crippen LogP contribution in [0.1, 0.15) is 10.7 Å². The Labute approximate surface area is 84.5 Å². The zero-order valence-corrected chi connectivity index (χ0v) is 7.54. The third-order valence-electron chi connectivity index (χ3n) is 1.75. The molecule has 15 heavy (non-hydrogen) atoms. The molecule has 2 aromatic rings. The van der Waals surface area contributed by atoms with E-state index in [0.29, 0.717) is 5.82 Å². The molecule has 2 N–H and O–H groups in total. The van der Waals surface area contributed by atoms with Crippen molar-refractivity contribution in [3.63, 3.8) is 0 Å². The van der Waals surface area contributed by atoms with Gasteiger partial charge in [-0.2, -0.15) is 4.98 Å². The number of nitrogens with zero attached hydrogens (tertiary/aromatic N) is 2. The van der Waals surface area contributed by atoms with E-state index >= 15 is 0 Å². The van der Waals surface area contributed by atoms with Gasteiger partial charge in [-0.25, -0.2) is 5.48 Å². The van der Waals surface area contributed by atoms with Crippen molar-refractivity contribution in [2.45, 2.75) is 0 Å². The Kier molecular flexibility index (Phi) is 2.42. The molecule has 0 fully saturated rings. The Morgan fingerprint density at radius 3 is 2.73 bits per heavy atom. The molecule has 6 nitrogen and oxygen atoms in total. The Balaban J connectivity index is 2.32. The van der Waals surface area contributed by atoms with Crippen molar-refractivity contribution in [1.82, 2.24) is 15.6 Å². The highest BCUT2D eigenvalue weighted by Gasteiger charge is 2.14. The number of hydrogen-bond donors (Lipinski definition) is 2. The highest BCUT2D eigenvalue weighted by Crippen LogP contribution is 2.14. The largest absolute Gasteiger partial charge is 0.333 e. The monoisotopic (exact) mass is 205 g/mol. The first-order chi connectivity index (χ1) is 7.31. The molecule has 0 bridgehead atoms. The van der Waals surface area contributed by atoms with Crippen molar-refractivity contribution in [2.75, 3.05) is 0 Å². The predicted molar refractivity (Wildman–Crippen MR) is 49.0 cm³/mol. The van der Waals surface area contributed by atoms with Crippen LogP contribution in [0.3, 0.4) is 0 Å². The molecule has 2 rings (SSSR count). The molecular weight excluding hydrogens is 198 g/mol. The van der Waals surface area contributed by atoms with Crippen molar-refractivity contribution >= 4 is 5.91 Å². The maximum absolute atomic E-state index is 10.9. The quantitative estimate of drug-likeness (QED) is 0.560. The van der Waals surface area contributed by atoms with Crippen LogP contribution in [0, 0.1) is 0 Å². The number of benzene rings is 1. The fourth-order valence-electron chi connectivity index (χ4n) is 1.07. The van der Waals surface area contributed by atoms with Gasteiger partial charge in [0.1, 0.15) is 0 Å². The highest BCUT2D eigenvalue weighted by molar-refractivity contribution is 5.88. The minimum absolute atomic E-state index is 0.281. The van der Waals surface area contributed by atoms with E-state index in [9.17, 15) is 4.79 Å². The zero-order valence-electron chi connectivity index (χ0n) is 7.54. The van der Waals surface area contributed by atoms with Gasteiger partial charge in [0.2, 0.25) is 5.82 Å². The van der Waals surface area contributed by atoms with Gasteiger partial charge in [0.05, 0.1) is 0 Å². The Hall–Kier alpha value is -2.21. The summed E-state index contributed by atoms with van der Waals surface area (Å²) in [5.41, 5.74) is 2.15. The maximum atomic E-state index is 10.9. The smallest absolute Gasteiger partial charge is 0.328 e. The Bertz CT molecular complexity index is 466. The van der Waals surface area contributed by atoms with E-state index in [1.807, 2.05) is 18.2 Å². The summed E-state index contributed by atoms with van der Waals surface area (Å²) in [7, 11) is 0. The number of hydroxylamine groups is 1. The summed E-state index contributed by atoms with van der Waals surface area (Å²) < 4.78 is 4.64.